The molecule has 112 valence electrons. The topological polar surface area (TPSA) is 37.0 Å². The number of hydrogen-bond acceptors (Lipinski definition) is 3. The number of hydrogen-bond donors (Lipinski definition) is 2. The van der Waals surface area contributed by atoms with Crippen LogP contribution in [0.25, 0.3) is 0 Å². The predicted molar refractivity (Wildman–Crippen MR) is 88.0 cm³/mol. The van der Waals surface area contributed by atoms with Crippen molar-refractivity contribution in [3.8, 4) is 0 Å². The van der Waals surface area contributed by atoms with Gasteiger partial charge in [0.2, 0.25) is 0 Å². The van der Waals surface area contributed by atoms with Gasteiger partial charge < -0.3 is 10.6 Å². The molecule has 0 radical (unpaired) electrons. The quantitative estimate of drug-likeness (QED) is 0.738. The van der Waals surface area contributed by atoms with E-state index in [2.05, 4.69) is 36.4 Å². The van der Waals surface area contributed by atoms with Gasteiger partial charge in [-0.25, -0.2) is 4.98 Å². The van der Waals surface area contributed by atoms with Crippen molar-refractivity contribution >= 4 is 34.8 Å². The Bertz CT molecular complexity index is 470. The molecule has 0 unspecified atom stereocenters. The second-order valence-electron chi connectivity index (χ2n) is 5.95. The van der Waals surface area contributed by atoms with Gasteiger partial charge in [-0.1, -0.05) is 44.0 Å². The van der Waals surface area contributed by atoms with E-state index in [0.717, 1.165) is 25.3 Å². The molecule has 2 N–H and O–H groups in total. The number of halogens is 2. The molecular weight excluding hydrogens is 293 g/mol. The molecule has 20 heavy (non-hydrogen) atoms. The summed E-state index contributed by atoms with van der Waals surface area (Å²) in [6.07, 6.45) is 3.59. The molecule has 3 nitrogen and oxygen atoms in total. The van der Waals surface area contributed by atoms with Crippen molar-refractivity contribution in [3.05, 3.63) is 16.1 Å². The van der Waals surface area contributed by atoms with Gasteiger partial charge in [0.1, 0.15) is 11.6 Å². The molecule has 1 saturated carbocycles. The Labute approximate surface area is 131 Å². The highest BCUT2D eigenvalue weighted by atomic mass is 35.5. The van der Waals surface area contributed by atoms with Crippen LogP contribution in [0.2, 0.25) is 10.0 Å². The van der Waals surface area contributed by atoms with E-state index >= 15 is 0 Å². The Kier molecular flexibility index (Phi) is 5.03. The van der Waals surface area contributed by atoms with Crippen molar-refractivity contribution < 1.29 is 0 Å². The van der Waals surface area contributed by atoms with Crippen LogP contribution in [0, 0.1) is 11.3 Å². The van der Waals surface area contributed by atoms with Gasteiger partial charge in [0.25, 0.3) is 0 Å². The molecule has 1 heterocycles. The first-order chi connectivity index (χ1) is 9.48. The Hall–Kier alpha value is -0.670. The fourth-order valence-electron chi connectivity index (χ4n) is 2.34. The van der Waals surface area contributed by atoms with E-state index in [0.29, 0.717) is 27.2 Å². The van der Waals surface area contributed by atoms with Crippen LogP contribution in [-0.4, -0.2) is 18.1 Å². The number of pyridine rings is 1. The molecule has 1 aliphatic rings. The molecule has 0 aromatic carbocycles. The Balaban J connectivity index is 2.07. The average molecular weight is 316 g/mol. The fraction of sp³-hybridized carbons (Fsp3) is 0.667. The van der Waals surface area contributed by atoms with E-state index in [4.69, 9.17) is 23.2 Å². The summed E-state index contributed by atoms with van der Waals surface area (Å²) in [5.74, 6) is 2.11. The van der Waals surface area contributed by atoms with E-state index in [9.17, 15) is 0 Å². The molecule has 1 aromatic rings. The maximum absolute atomic E-state index is 6.23. The van der Waals surface area contributed by atoms with Gasteiger partial charge in [0, 0.05) is 13.1 Å². The highest BCUT2D eigenvalue weighted by Crippen LogP contribution is 2.51. The summed E-state index contributed by atoms with van der Waals surface area (Å²) in [5, 5.41) is 7.77. The van der Waals surface area contributed by atoms with Gasteiger partial charge >= 0.3 is 0 Å². The molecule has 2 rings (SSSR count). The summed E-state index contributed by atoms with van der Waals surface area (Å²) in [4.78, 5) is 4.51. The minimum Gasteiger partial charge on any atom is -0.369 e. The van der Waals surface area contributed by atoms with Gasteiger partial charge in [-0.3, -0.25) is 0 Å². The van der Waals surface area contributed by atoms with Gasteiger partial charge in [0.05, 0.1) is 10.0 Å². The number of rotatable bonds is 7. The van der Waals surface area contributed by atoms with Gasteiger partial charge in [-0.15, -0.1) is 0 Å². The fourth-order valence-corrected chi connectivity index (χ4v) is 2.83. The number of aromatic nitrogens is 1. The summed E-state index contributed by atoms with van der Waals surface area (Å²) in [6, 6.07) is 1.76. The van der Waals surface area contributed by atoms with Gasteiger partial charge in [0.15, 0.2) is 0 Å². The third-order valence-corrected chi connectivity index (χ3v) is 4.77. The normalized spacial score (nSPS) is 16.3. The van der Waals surface area contributed by atoms with E-state index in [1.807, 2.05) is 0 Å². The van der Waals surface area contributed by atoms with Crippen LogP contribution < -0.4 is 10.6 Å². The summed E-state index contributed by atoms with van der Waals surface area (Å²) in [5.41, 5.74) is 0.418. The van der Waals surface area contributed by atoms with Crippen LogP contribution >= 0.6 is 23.2 Å². The van der Waals surface area contributed by atoms with Crippen LogP contribution in [0.4, 0.5) is 11.6 Å². The summed E-state index contributed by atoms with van der Waals surface area (Å²) >= 11 is 12.4. The van der Waals surface area contributed by atoms with Crippen LogP contribution in [0.15, 0.2) is 6.07 Å². The van der Waals surface area contributed by atoms with Crippen LogP contribution in [-0.2, 0) is 0 Å². The molecule has 0 bridgehead atoms. The summed E-state index contributed by atoms with van der Waals surface area (Å²) in [6.45, 7) is 8.44. The largest absolute Gasteiger partial charge is 0.369 e. The lowest BCUT2D eigenvalue weighted by molar-refractivity contribution is 0.380. The molecule has 0 spiro atoms. The first-order valence-corrected chi connectivity index (χ1v) is 8.08. The van der Waals surface area contributed by atoms with Crippen LogP contribution in [0.5, 0.6) is 0 Å². The maximum Gasteiger partial charge on any atom is 0.147 e. The highest BCUT2D eigenvalue weighted by molar-refractivity contribution is 6.37. The second-order valence-corrected chi connectivity index (χ2v) is 6.76. The molecule has 5 heteroatoms. The zero-order chi connectivity index (χ0) is 14.8. The minimum absolute atomic E-state index is 0.418. The summed E-state index contributed by atoms with van der Waals surface area (Å²) < 4.78 is 0. The average Bonchev–Trinajstić information content (AvgIpc) is 3.18. The number of nitrogens with zero attached hydrogens (tertiary/aromatic N) is 1. The van der Waals surface area contributed by atoms with Crippen LogP contribution in [0.1, 0.15) is 40.0 Å². The first-order valence-electron chi connectivity index (χ1n) is 7.32. The van der Waals surface area contributed by atoms with Crippen molar-refractivity contribution in [1.82, 2.24) is 4.98 Å². The van der Waals surface area contributed by atoms with Gasteiger partial charge in [-0.05, 0) is 36.7 Å². The monoisotopic (exact) mass is 315 g/mol. The predicted octanol–water partition coefficient (Wildman–Crippen LogP) is 5.06. The SMILES string of the molecule is CCCNc1nc(NCC2(C(C)C)CC2)c(Cl)cc1Cl. The lowest BCUT2D eigenvalue weighted by Gasteiger charge is -2.21. The highest BCUT2D eigenvalue weighted by Gasteiger charge is 2.45. The van der Waals surface area contributed by atoms with Crippen molar-refractivity contribution in [2.45, 2.75) is 40.0 Å². The van der Waals surface area contributed by atoms with Crippen molar-refractivity contribution in [2.75, 3.05) is 23.7 Å². The smallest absolute Gasteiger partial charge is 0.147 e. The lowest BCUT2D eigenvalue weighted by atomic mass is 9.92. The minimum atomic E-state index is 0.418. The third-order valence-electron chi connectivity index (χ3n) is 4.20. The maximum atomic E-state index is 6.23. The van der Waals surface area contributed by atoms with Crippen molar-refractivity contribution in [1.29, 1.82) is 0 Å². The van der Waals surface area contributed by atoms with Crippen molar-refractivity contribution in [3.63, 3.8) is 0 Å². The molecule has 1 fully saturated rings. The molecule has 0 amide bonds. The number of anilines is 2. The molecule has 1 aliphatic carbocycles. The lowest BCUT2D eigenvalue weighted by Crippen LogP contribution is -2.21. The van der Waals surface area contributed by atoms with E-state index in [-0.39, 0.29) is 0 Å². The zero-order valence-electron chi connectivity index (χ0n) is 12.4. The Morgan fingerprint density at radius 2 is 1.80 bits per heavy atom. The first kappa shape index (κ1) is 15.7. The van der Waals surface area contributed by atoms with Gasteiger partial charge in [-0.2, -0.15) is 0 Å². The zero-order valence-corrected chi connectivity index (χ0v) is 13.9. The number of nitrogens with one attached hydrogen (secondary N) is 2. The molecule has 0 aliphatic heterocycles. The standard InChI is InChI=1S/C15H23Cl2N3/c1-4-7-18-13-11(16)8-12(17)14(20-13)19-9-15(5-6-15)10(2)3/h8,10H,4-7,9H2,1-3H3,(H2,18,19,20). The molecule has 0 saturated heterocycles. The van der Waals surface area contributed by atoms with E-state index in [1.165, 1.54) is 12.8 Å². The second kappa shape index (κ2) is 6.40. The molecular formula is C15H23Cl2N3. The van der Waals surface area contributed by atoms with E-state index < -0.39 is 0 Å². The van der Waals surface area contributed by atoms with Crippen molar-refractivity contribution in [2.24, 2.45) is 11.3 Å². The Morgan fingerprint density at radius 1 is 1.20 bits per heavy atom. The molecule has 1 aromatic heterocycles. The van der Waals surface area contributed by atoms with Crippen LogP contribution in [0.3, 0.4) is 0 Å². The summed E-state index contributed by atoms with van der Waals surface area (Å²) in [7, 11) is 0. The van der Waals surface area contributed by atoms with E-state index in [1.54, 1.807) is 6.07 Å². The molecule has 0 atom stereocenters. The Morgan fingerprint density at radius 3 is 2.30 bits per heavy atom. The third kappa shape index (κ3) is 3.50.